The fraction of sp³-hybridized carbons (Fsp3) is 0. The van der Waals surface area contributed by atoms with Crippen molar-refractivity contribution in [1.82, 2.24) is 15.3 Å². The predicted molar refractivity (Wildman–Crippen MR) is 78.0 cm³/mol. The van der Waals surface area contributed by atoms with Crippen molar-refractivity contribution < 1.29 is 9.37 Å². The molecule has 2 heterocycles. The van der Waals surface area contributed by atoms with E-state index in [2.05, 4.69) is 15.3 Å². The monoisotopic (exact) mass is 278 g/mol. The maximum atomic E-state index is 5.94. The zero-order valence-corrected chi connectivity index (χ0v) is 10.9. The van der Waals surface area contributed by atoms with E-state index in [1.165, 1.54) is 0 Å². The van der Waals surface area contributed by atoms with E-state index in [1.807, 2.05) is 30.3 Å². The van der Waals surface area contributed by atoms with Gasteiger partial charge in [-0.05, 0) is 34.6 Å². The molecule has 6 heteroatoms. The quantitative estimate of drug-likeness (QED) is 0.567. The molecule has 0 aliphatic heterocycles. The van der Waals surface area contributed by atoms with Crippen molar-refractivity contribution in [3.63, 3.8) is 0 Å². The number of hydrogen-bond donors (Lipinski definition) is 1. The molecule has 4 aromatic rings. The molecule has 21 heavy (non-hydrogen) atoms. The Hall–Kier alpha value is -3.15. The minimum Gasteiger partial charge on any atom is -0.453 e. The van der Waals surface area contributed by atoms with Crippen LogP contribution in [0.3, 0.4) is 0 Å². The van der Waals surface area contributed by atoms with Gasteiger partial charge in [0.05, 0.1) is 5.69 Å². The maximum absolute atomic E-state index is 5.94. The summed E-state index contributed by atoms with van der Waals surface area (Å²) < 4.78 is 10.7. The fourth-order valence-corrected chi connectivity index (χ4v) is 2.22. The molecule has 4 rings (SSSR count). The Balaban J connectivity index is 1.87. The van der Waals surface area contributed by atoms with Gasteiger partial charge in [-0.1, -0.05) is 18.2 Å². The van der Waals surface area contributed by atoms with E-state index in [1.54, 1.807) is 18.3 Å². The normalized spacial score (nSPS) is 11.0. The Morgan fingerprint density at radius 3 is 2.62 bits per heavy atom. The number of ether oxygens (including phenoxy) is 1. The molecule has 0 unspecified atom stereocenters. The predicted octanol–water partition coefficient (Wildman–Crippen LogP) is 3.15. The SMILES string of the molecule is Nc1ccc(Oc2cccc3cccnc23)c2nonc12. The van der Waals surface area contributed by atoms with Gasteiger partial charge in [0.15, 0.2) is 22.5 Å². The average Bonchev–Trinajstić information content (AvgIpc) is 3.01. The number of benzene rings is 2. The summed E-state index contributed by atoms with van der Waals surface area (Å²) >= 11 is 0. The summed E-state index contributed by atoms with van der Waals surface area (Å²) in [4.78, 5) is 4.35. The molecule has 0 aliphatic carbocycles. The number of para-hydroxylation sites is 1. The minimum atomic E-state index is 0.487. The lowest BCUT2D eigenvalue weighted by molar-refractivity contribution is 0.314. The highest BCUT2D eigenvalue weighted by atomic mass is 16.6. The summed E-state index contributed by atoms with van der Waals surface area (Å²) in [5.41, 5.74) is 8.07. The first-order valence-electron chi connectivity index (χ1n) is 6.35. The van der Waals surface area contributed by atoms with Crippen LogP contribution in [0.4, 0.5) is 5.69 Å². The molecule has 2 N–H and O–H groups in total. The second kappa shape index (κ2) is 4.45. The minimum absolute atomic E-state index is 0.487. The molecule has 0 amide bonds. The topological polar surface area (TPSA) is 87.1 Å². The molecule has 2 aromatic heterocycles. The zero-order valence-electron chi connectivity index (χ0n) is 10.9. The molecule has 0 saturated carbocycles. The maximum Gasteiger partial charge on any atom is 0.179 e. The van der Waals surface area contributed by atoms with Gasteiger partial charge in [-0.3, -0.25) is 4.98 Å². The first-order chi connectivity index (χ1) is 10.3. The Bertz CT molecular complexity index is 943. The second-order valence-electron chi connectivity index (χ2n) is 4.55. The molecule has 6 nitrogen and oxygen atoms in total. The van der Waals surface area contributed by atoms with Crippen LogP contribution in [0.25, 0.3) is 21.9 Å². The van der Waals surface area contributed by atoms with Gasteiger partial charge in [0, 0.05) is 11.6 Å². The largest absolute Gasteiger partial charge is 0.453 e. The van der Waals surface area contributed by atoms with Crippen LogP contribution in [0.5, 0.6) is 11.5 Å². The highest BCUT2D eigenvalue weighted by Gasteiger charge is 2.13. The number of anilines is 1. The van der Waals surface area contributed by atoms with Crippen LogP contribution in [0.1, 0.15) is 0 Å². The molecule has 0 fully saturated rings. The van der Waals surface area contributed by atoms with Crippen molar-refractivity contribution in [2.24, 2.45) is 0 Å². The van der Waals surface area contributed by atoms with E-state index >= 15 is 0 Å². The van der Waals surface area contributed by atoms with Gasteiger partial charge in [-0.2, -0.15) is 0 Å². The lowest BCUT2D eigenvalue weighted by Crippen LogP contribution is -1.91. The summed E-state index contributed by atoms with van der Waals surface area (Å²) in [5.74, 6) is 1.17. The molecule has 0 atom stereocenters. The van der Waals surface area contributed by atoms with Gasteiger partial charge in [-0.25, -0.2) is 4.63 Å². The van der Waals surface area contributed by atoms with Gasteiger partial charge in [0.2, 0.25) is 0 Å². The molecular formula is C15H10N4O2. The number of nitrogens with zero attached hydrogens (tertiary/aromatic N) is 3. The third kappa shape index (κ3) is 1.85. The standard InChI is InChI=1S/C15H10N4O2/c16-10-6-7-12(15-14(10)18-21-19-15)20-11-5-1-3-9-4-2-8-17-13(9)11/h1-8H,16H2. The van der Waals surface area contributed by atoms with E-state index in [9.17, 15) is 0 Å². The van der Waals surface area contributed by atoms with Crippen LogP contribution in [-0.4, -0.2) is 15.3 Å². The Morgan fingerprint density at radius 1 is 0.857 bits per heavy atom. The van der Waals surface area contributed by atoms with Crippen molar-refractivity contribution in [2.75, 3.05) is 5.73 Å². The third-order valence-corrected chi connectivity index (χ3v) is 3.23. The molecule has 0 spiro atoms. The van der Waals surface area contributed by atoms with Crippen LogP contribution >= 0.6 is 0 Å². The lowest BCUT2D eigenvalue weighted by Gasteiger charge is -2.08. The van der Waals surface area contributed by atoms with Gasteiger partial charge in [-0.15, -0.1) is 0 Å². The Labute approximate surface area is 119 Å². The summed E-state index contributed by atoms with van der Waals surface area (Å²) in [5, 5.41) is 8.62. The van der Waals surface area contributed by atoms with E-state index in [0.29, 0.717) is 28.2 Å². The van der Waals surface area contributed by atoms with Crippen molar-refractivity contribution in [3.8, 4) is 11.5 Å². The van der Waals surface area contributed by atoms with Crippen LogP contribution in [-0.2, 0) is 0 Å². The lowest BCUT2D eigenvalue weighted by atomic mass is 10.2. The van der Waals surface area contributed by atoms with Crippen LogP contribution in [0.15, 0.2) is 53.3 Å². The van der Waals surface area contributed by atoms with E-state index < -0.39 is 0 Å². The van der Waals surface area contributed by atoms with Crippen LogP contribution < -0.4 is 10.5 Å². The highest BCUT2D eigenvalue weighted by molar-refractivity contribution is 5.91. The average molecular weight is 278 g/mol. The van der Waals surface area contributed by atoms with E-state index in [4.69, 9.17) is 15.1 Å². The molecule has 0 radical (unpaired) electrons. The van der Waals surface area contributed by atoms with Crippen molar-refractivity contribution >= 4 is 27.6 Å². The Kier molecular flexibility index (Phi) is 2.47. The van der Waals surface area contributed by atoms with E-state index in [0.717, 1.165) is 10.9 Å². The number of fused-ring (bicyclic) bond motifs is 2. The molecule has 2 aromatic carbocycles. The number of hydrogen-bond acceptors (Lipinski definition) is 6. The first-order valence-corrected chi connectivity index (χ1v) is 6.35. The fourth-order valence-electron chi connectivity index (χ4n) is 2.22. The summed E-state index contributed by atoms with van der Waals surface area (Å²) in [7, 11) is 0. The molecule has 0 aliphatic rings. The van der Waals surface area contributed by atoms with Gasteiger partial charge in [0.1, 0.15) is 5.52 Å². The number of rotatable bonds is 2. The molecule has 0 saturated heterocycles. The van der Waals surface area contributed by atoms with Crippen molar-refractivity contribution in [2.45, 2.75) is 0 Å². The van der Waals surface area contributed by atoms with Gasteiger partial charge >= 0.3 is 0 Å². The Morgan fingerprint density at radius 2 is 1.67 bits per heavy atom. The van der Waals surface area contributed by atoms with Gasteiger partial charge < -0.3 is 10.5 Å². The number of aromatic nitrogens is 3. The summed E-state index contributed by atoms with van der Waals surface area (Å²) in [6.07, 6.45) is 1.73. The second-order valence-corrected chi connectivity index (χ2v) is 4.55. The number of nitrogen functional groups attached to an aromatic ring is 1. The van der Waals surface area contributed by atoms with Gasteiger partial charge in [0.25, 0.3) is 0 Å². The van der Waals surface area contributed by atoms with E-state index in [-0.39, 0.29) is 0 Å². The third-order valence-electron chi connectivity index (χ3n) is 3.23. The van der Waals surface area contributed by atoms with Crippen LogP contribution in [0, 0.1) is 0 Å². The van der Waals surface area contributed by atoms with Crippen LogP contribution in [0.2, 0.25) is 0 Å². The number of pyridine rings is 1. The smallest absolute Gasteiger partial charge is 0.179 e. The molecule has 102 valence electrons. The first kappa shape index (κ1) is 11.7. The zero-order chi connectivity index (χ0) is 14.2. The molecule has 0 bridgehead atoms. The molecular weight excluding hydrogens is 268 g/mol. The number of nitrogens with two attached hydrogens (primary N) is 1. The summed E-state index contributed by atoms with van der Waals surface area (Å²) in [6, 6.07) is 13.1. The highest BCUT2D eigenvalue weighted by Crippen LogP contribution is 2.33. The van der Waals surface area contributed by atoms with Crippen molar-refractivity contribution in [1.29, 1.82) is 0 Å². The van der Waals surface area contributed by atoms with Crippen molar-refractivity contribution in [3.05, 3.63) is 48.7 Å². The summed E-state index contributed by atoms with van der Waals surface area (Å²) in [6.45, 7) is 0.